The zero-order chi connectivity index (χ0) is 24.8. The molecule has 2 aliphatic heterocycles. The second-order valence-electron chi connectivity index (χ2n) is 8.22. The van der Waals surface area contributed by atoms with Crippen LogP contribution in [0.4, 0.5) is 0 Å². The highest BCUT2D eigenvalue weighted by molar-refractivity contribution is 8.14. The lowest BCUT2D eigenvalue weighted by Gasteiger charge is -2.28. The first-order valence-corrected chi connectivity index (χ1v) is 13.4. The van der Waals surface area contributed by atoms with Crippen LogP contribution in [0.15, 0.2) is 46.1 Å². The van der Waals surface area contributed by atoms with Gasteiger partial charge in [-0.1, -0.05) is 42.1 Å². The van der Waals surface area contributed by atoms with Crippen LogP contribution < -0.4 is 11.2 Å². The molecule has 2 aromatic rings. The van der Waals surface area contributed by atoms with Crippen LogP contribution >= 0.6 is 20.3 Å². The third-order valence-electron chi connectivity index (χ3n) is 5.70. The van der Waals surface area contributed by atoms with Crippen LogP contribution in [0.1, 0.15) is 49.7 Å². The molecule has 0 radical (unpaired) electrons. The summed E-state index contributed by atoms with van der Waals surface area (Å²) in [6.45, 7) is 3.68. The van der Waals surface area contributed by atoms with E-state index in [0.29, 0.717) is 29.9 Å². The largest absolute Gasteiger partial charge is 0.352 e. The molecule has 1 N–H and O–H groups in total. The molecular formula is C23H30N3O6PS. The van der Waals surface area contributed by atoms with E-state index in [-0.39, 0.29) is 12.0 Å². The second-order valence-corrected chi connectivity index (χ2v) is 10.8. The van der Waals surface area contributed by atoms with E-state index in [1.165, 1.54) is 22.5 Å². The molecule has 11 heteroatoms. The molecule has 0 aliphatic carbocycles. The number of ether oxygens (including phenoxy) is 1. The molecular weight excluding hydrogens is 477 g/mol. The van der Waals surface area contributed by atoms with Crippen molar-refractivity contribution in [2.24, 2.45) is 0 Å². The lowest BCUT2D eigenvalue weighted by Crippen LogP contribution is -2.33. The first-order chi connectivity index (χ1) is 17.0. The van der Waals surface area contributed by atoms with Gasteiger partial charge >= 0.3 is 5.69 Å². The molecule has 0 saturated carbocycles. The summed E-state index contributed by atoms with van der Waals surface area (Å²) in [7, 11) is -1.40. The van der Waals surface area contributed by atoms with Crippen molar-refractivity contribution >= 4 is 25.4 Å². The van der Waals surface area contributed by atoms with Crippen LogP contribution in [0.2, 0.25) is 0 Å². The summed E-state index contributed by atoms with van der Waals surface area (Å²) in [6, 6.07) is 9.15. The van der Waals surface area contributed by atoms with Crippen molar-refractivity contribution in [3.63, 3.8) is 0 Å². The van der Waals surface area contributed by atoms with E-state index in [2.05, 4.69) is 9.65 Å². The molecule has 0 bridgehead atoms. The van der Waals surface area contributed by atoms with E-state index >= 15 is 0 Å². The minimum atomic E-state index is -1.40. The van der Waals surface area contributed by atoms with Gasteiger partial charge < -0.3 is 13.8 Å². The van der Waals surface area contributed by atoms with E-state index < -0.39 is 38.2 Å². The summed E-state index contributed by atoms with van der Waals surface area (Å²) in [5.74, 6) is 0.501. The van der Waals surface area contributed by atoms with Crippen LogP contribution in [0.3, 0.4) is 0 Å². The number of carbonyl (C=O) groups excluding carboxylic acids is 1. The number of hydrogen-bond acceptors (Lipinski definition) is 8. The normalized spacial score (nSPS) is 24.3. The lowest BCUT2D eigenvalue weighted by molar-refractivity contribution is -0.00804. The van der Waals surface area contributed by atoms with Gasteiger partial charge in [-0.25, -0.2) is 9.46 Å². The van der Waals surface area contributed by atoms with E-state index in [0.717, 1.165) is 25.9 Å². The highest BCUT2D eigenvalue weighted by Crippen LogP contribution is 2.49. The summed E-state index contributed by atoms with van der Waals surface area (Å²) < 4.78 is 29.9. The maximum atomic E-state index is 12.3. The summed E-state index contributed by atoms with van der Waals surface area (Å²) in [5.41, 5.74) is 0.0951. The van der Waals surface area contributed by atoms with Gasteiger partial charge in [0.15, 0.2) is 0 Å². The highest BCUT2D eigenvalue weighted by atomic mass is 32.2. The highest BCUT2D eigenvalue weighted by Gasteiger charge is 2.38. The fourth-order valence-corrected chi connectivity index (χ4v) is 6.30. The van der Waals surface area contributed by atoms with Gasteiger partial charge in [0.2, 0.25) is 5.12 Å². The Bertz CT molecular complexity index is 1110. The van der Waals surface area contributed by atoms with Gasteiger partial charge in [0.05, 0.1) is 18.8 Å². The van der Waals surface area contributed by atoms with E-state index in [1.54, 1.807) is 19.1 Å². The number of nitrogens with one attached hydrogen (secondary N) is 1. The maximum absolute atomic E-state index is 12.3. The predicted molar refractivity (Wildman–Crippen MR) is 132 cm³/mol. The fraction of sp³-hybridized carbons (Fsp3) is 0.522. The molecule has 1 aromatic heterocycles. The summed E-state index contributed by atoms with van der Waals surface area (Å²) in [4.78, 5) is 38.7. The van der Waals surface area contributed by atoms with Crippen molar-refractivity contribution in [3.8, 4) is 0 Å². The molecule has 9 nitrogen and oxygen atoms in total. The van der Waals surface area contributed by atoms with E-state index in [1.807, 2.05) is 18.2 Å². The minimum Gasteiger partial charge on any atom is -0.352 e. The molecule has 4 rings (SSSR count). The number of hydrogen-bond donors (Lipinski definition) is 1. The minimum absolute atomic E-state index is 0.00330. The van der Waals surface area contributed by atoms with Gasteiger partial charge in [0, 0.05) is 44.0 Å². The Balaban J connectivity index is 1.37. The molecule has 4 atom stereocenters. The number of aromatic amines is 1. The SMILES string of the molecule is [2H]C[C@H]1O[C@@H](n2cc(C)c(=O)[nH]c2=O)C[C@H]1OP(OCCSC(=O)c1ccccc1)N1CCCC1. The van der Waals surface area contributed by atoms with Crippen LogP contribution in [-0.4, -0.2) is 57.0 Å². The van der Waals surface area contributed by atoms with Gasteiger partial charge in [-0.05, 0) is 26.7 Å². The summed E-state index contributed by atoms with van der Waals surface area (Å²) >= 11 is 1.21. The Morgan fingerprint density at radius 1 is 1.29 bits per heavy atom. The number of H-pyrrole nitrogens is 1. The zero-order valence-corrected chi connectivity index (χ0v) is 20.8. The first kappa shape index (κ1) is 23.9. The van der Waals surface area contributed by atoms with Crippen LogP contribution in [0, 0.1) is 6.92 Å². The zero-order valence-electron chi connectivity index (χ0n) is 20.1. The number of aromatic nitrogens is 2. The first-order valence-electron chi connectivity index (χ1n) is 12.0. The van der Waals surface area contributed by atoms with E-state index in [9.17, 15) is 14.4 Å². The number of nitrogens with zero attached hydrogens (tertiary/aromatic N) is 2. The smallest absolute Gasteiger partial charge is 0.330 e. The maximum Gasteiger partial charge on any atom is 0.330 e. The number of benzene rings is 1. The van der Waals surface area contributed by atoms with Crippen LogP contribution in [0.25, 0.3) is 0 Å². The summed E-state index contributed by atoms with van der Waals surface area (Å²) in [6.07, 6.45) is 2.39. The second kappa shape index (κ2) is 11.7. The molecule has 2 saturated heterocycles. The molecule has 0 spiro atoms. The Labute approximate surface area is 205 Å². The van der Waals surface area contributed by atoms with Crippen LogP contribution in [-0.2, 0) is 13.8 Å². The van der Waals surface area contributed by atoms with Crippen molar-refractivity contribution in [2.45, 2.75) is 51.5 Å². The van der Waals surface area contributed by atoms with Gasteiger partial charge in [0.1, 0.15) is 6.23 Å². The van der Waals surface area contributed by atoms with Gasteiger partial charge in [-0.15, -0.1) is 0 Å². The number of carbonyl (C=O) groups is 1. The topological polar surface area (TPSA) is 103 Å². The summed E-state index contributed by atoms with van der Waals surface area (Å²) in [5, 5.41) is 0.00330. The van der Waals surface area contributed by atoms with Crippen molar-refractivity contribution in [2.75, 3.05) is 25.4 Å². The number of thioether (sulfide) groups is 1. The molecule has 0 amide bonds. The average molecular weight is 509 g/mol. The Morgan fingerprint density at radius 2 is 2.06 bits per heavy atom. The number of aryl methyl sites for hydroxylation is 1. The molecule has 2 fully saturated rings. The van der Waals surface area contributed by atoms with Crippen LogP contribution in [0.5, 0.6) is 0 Å². The predicted octanol–water partition coefficient (Wildman–Crippen LogP) is 3.45. The van der Waals surface area contributed by atoms with Crippen molar-refractivity contribution in [1.82, 2.24) is 14.2 Å². The molecule has 34 heavy (non-hydrogen) atoms. The standard InChI is InChI=1S/C23H30N3O6PS/c1-16-15-26(23(29)24-21(16)27)20-14-19(17(2)31-20)32-33(25-10-6-7-11-25)30-12-13-34-22(28)18-8-4-3-5-9-18/h3-5,8-9,15,17,19-20H,6-7,10-14H2,1-2H3,(H,24,27,29)/t17-,19-,20-,33?/m1/s1/i2D. The average Bonchev–Trinajstić information content (AvgIpc) is 3.54. The fourth-order valence-electron chi connectivity index (χ4n) is 3.85. The molecule has 184 valence electrons. The Hall–Kier alpha value is -1.81. The molecule has 1 unspecified atom stereocenters. The third kappa shape index (κ3) is 6.24. The van der Waals surface area contributed by atoms with Crippen molar-refractivity contribution in [1.29, 1.82) is 0 Å². The molecule has 1 aromatic carbocycles. The van der Waals surface area contributed by atoms with Gasteiger partial charge in [-0.3, -0.25) is 19.1 Å². The van der Waals surface area contributed by atoms with Crippen molar-refractivity contribution in [3.05, 3.63) is 68.5 Å². The molecule has 3 heterocycles. The van der Waals surface area contributed by atoms with Crippen molar-refractivity contribution < 1.29 is 19.9 Å². The lowest BCUT2D eigenvalue weighted by atomic mass is 10.2. The third-order valence-corrected chi connectivity index (χ3v) is 8.29. The monoisotopic (exact) mass is 508 g/mol. The number of rotatable bonds is 9. The Morgan fingerprint density at radius 3 is 2.79 bits per heavy atom. The Kier molecular flexibility index (Phi) is 8.26. The van der Waals surface area contributed by atoms with Gasteiger partial charge in [-0.2, -0.15) is 0 Å². The van der Waals surface area contributed by atoms with E-state index in [4.69, 9.17) is 15.2 Å². The quantitative estimate of drug-likeness (QED) is 0.406. The van der Waals surface area contributed by atoms with Gasteiger partial charge in [0.25, 0.3) is 14.1 Å². The molecule has 2 aliphatic rings.